The molecule has 2 N–H and O–H groups in total. The Kier molecular flexibility index (Phi) is 5.19. The largest absolute Gasteiger partial charge is 0.361 e. The minimum atomic E-state index is -3.80. The number of nitrogens with zero attached hydrogens (tertiary/aromatic N) is 1. The highest BCUT2D eigenvalue weighted by Crippen LogP contribution is 2.21. The summed E-state index contributed by atoms with van der Waals surface area (Å²) < 4.78 is 28.4. The Hall–Kier alpha value is -2.64. The quantitative estimate of drug-likeness (QED) is 0.671. The first-order valence-corrected chi connectivity index (χ1v) is 10.9. The van der Waals surface area contributed by atoms with Gasteiger partial charge >= 0.3 is 0 Å². The Bertz CT molecular complexity index is 1070. The summed E-state index contributed by atoms with van der Waals surface area (Å²) in [5.41, 5.74) is 1.89. The van der Waals surface area contributed by atoms with E-state index in [1.54, 1.807) is 23.1 Å². The molecule has 7 heteroatoms. The average molecular weight is 398 g/mol. The van der Waals surface area contributed by atoms with Crippen molar-refractivity contribution in [3.8, 4) is 0 Å². The van der Waals surface area contributed by atoms with Gasteiger partial charge in [0.2, 0.25) is 15.9 Å². The second kappa shape index (κ2) is 7.77. The van der Waals surface area contributed by atoms with Crippen molar-refractivity contribution in [1.82, 2.24) is 14.6 Å². The molecule has 1 aromatic heterocycles. The highest BCUT2D eigenvalue weighted by molar-refractivity contribution is 7.89. The Morgan fingerprint density at radius 3 is 2.46 bits per heavy atom. The monoisotopic (exact) mass is 397 g/mol. The highest BCUT2D eigenvalue weighted by atomic mass is 32.2. The number of H-pyrrole nitrogens is 1. The number of para-hydroxylation sites is 1. The van der Waals surface area contributed by atoms with E-state index in [1.807, 2.05) is 30.5 Å². The molecular weight excluding hydrogens is 374 g/mol. The van der Waals surface area contributed by atoms with Gasteiger partial charge in [-0.2, -0.15) is 4.72 Å². The van der Waals surface area contributed by atoms with Crippen LogP contribution < -0.4 is 4.72 Å². The van der Waals surface area contributed by atoms with Crippen LogP contribution in [0.4, 0.5) is 0 Å². The van der Waals surface area contributed by atoms with Gasteiger partial charge in [0.1, 0.15) is 6.04 Å². The lowest BCUT2D eigenvalue weighted by Gasteiger charge is -2.24. The van der Waals surface area contributed by atoms with Crippen molar-refractivity contribution in [1.29, 1.82) is 0 Å². The molecule has 0 bridgehead atoms. The lowest BCUT2D eigenvalue weighted by atomic mass is 10.0. The Labute approximate surface area is 164 Å². The third kappa shape index (κ3) is 3.81. The number of nitrogens with one attached hydrogen (secondary N) is 2. The smallest absolute Gasteiger partial charge is 0.241 e. The molecule has 1 aliphatic heterocycles. The minimum Gasteiger partial charge on any atom is -0.361 e. The number of amides is 1. The van der Waals surface area contributed by atoms with Crippen molar-refractivity contribution in [3.05, 3.63) is 66.4 Å². The number of carbonyl (C=O) groups excluding carboxylic acids is 1. The molecule has 1 atom stereocenters. The van der Waals surface area contributed by atoms with Crippen LogP contribution in [0.1, 0.15) is 18.4 Å². The van der Waals surface area contributed by atoms with E-state index in [0.717, 1.165) is 29.3 Å². The third-order valence-corrected chi connectivity index (χ3v) is 6.65. The van der Waals surface area contributed by atoms with Crippen molar-refractivity contribution in [2.75, 3.05) is 13.1 Å². The van der Waals surface area contributed by atoms with Crippen molar-refractivity contribution >= 4 is 26.8 Å². The fourth-order valence-corrected chi connectivity index (χ4v) is 4.92. The van der Waals surface area contributed by atoms with Gasteiger partial charge in [-0.05, 0) is 43.0 Å². The van der Waals surface area contributed by atoms with Gasteiger partial charge in [0, 0.05) is 30.2 Å². The summed E-state index contributed by atoms with van der Waals surface area (Å²) in [6.45, 7) is 1.35. The van der Waals surface area contributed by atoms with Gasteiger partial charge in [-0.15, -0.1) is 0 Å². The molecule has 4 rings (SSSR count). The predicted molar refractivity (Wildman–Crippen MR) is 108 cm³/mol. The van der Waals surface area contributed by atoms with E-state index in [9.17, 15) is 13.2 Å². The van der Waals surface area contributed by atoms with Crippen LogP contribution in [-0.2, 0) is 21.2 Å². The molecule has 0 unspecified atom stereocenters. The predicted octanol–water partition coefficient (Wildman–Crippen LogP) is 2.68. The molecule has 1 aliphatic rings. The minimum absolute atomic E-state index is 0.160. The number of likely N-dealkylation sites (tertiary alicyclic amines) is 1. The number of hydrogen-bond donors (Lipinski definition) is 2. The van der Waals surface area contributed by atoms with Crippen LogP contribution in [0.2, 0.25) is 0 Å². The number of aromatic nitrogens is 1. The third-order valence-electron chi connectivity index (χ3n) is 5.17. The van der Waals surface area contributed by atoms with Crippen LogP contribution in [-0.4, -0.2) is 43.3 Å². The van der Waals surface area contributed by atoms with E-state index in [0.29, 0.717) is 19.5 Å². The summed E-state index contributed by atoms with van der Waals surface area (Å²) in [5, 5.41) is 1.00. The van der Waals surface area contributed by atoms with Crippen LogP contribution in [0, 0.1) is 0 Å². The molecule has 1 amide bonds. The maximum Gasteiger partial charge on any atom is 0.241 e. The van der Waals surface area contributed by atoms with E-state index in [-0.39, 0.29) is 10.8 Å². The van der Waals surface area contributed by atoms with Gasteiger partial charge in [-0.1, -0.05) is 36.4 Å². The van der Waals surface area contributed by atoms with Crippen LogP contribution in [0.5, 0.6) is 0 Å². The molecule has 6 nitrogen and oxygen atoms in total. The summed E-state index contributed by atoms with van der Waals surface area (Å²) in [6.07, 6.45) is 4.06. The Balaban J connectivity index is 1.65. The molecule has 1 fully saturated rings. The van der Waals surface area contributed by atoms with E-state index in [4.69, 9.17) is 0 Å². The van der Waals surface area contributed by atoms with Crippen molar-refractivity contribution in [2.45, 2.75) is 30.2 Å². The first-order chi connectivity index (χ1) is 13.5. The number of benzene rings is 2. The molecule has 1 saturated heterocycles. The zero-order valence-corrected chi connectivity index (χ0v) is 16.3. The molecule has 0 saturated carbocycles. The first kappa shape index (κ1) is 18.7. The lowest BCUT2D eigenvalue weighted by Crippen LogP contribution is -2.48. The van der Waals surface area contributed by atoms with Crippen LogP contribution >= 0.6 is 0 Å². The van der Waals surface area contributed by atoms with Crippen molar-refractivity contribution < 1.29 is 13.2 Å². The number of hydrogen-bond acceptors (Lipinski definition) is 3. The molecule has 2 heterocycles. The number of aromatic amines is 1. The van der Waals surface area contributed by atoms with Gasteiger partial charge < -0.3 is 9.88 Å². The standard InChI is InChI=1S/C21H23N3O3S/c25-21(24-12-6-7-13-24)20(23-28(26,27)17-8-2-1-3-9-17)14-16-15-22-19-11-5-4-10-18(16)19/h1-5,8-11,15,20,22-23H,6-7,12-14H2/t20-/m0/s1. The van der Waals surface area contributed by atoms with Gasteiger partial charge in [0.05, 0.1) is 4.90 Å². The fraction of sp³-hybridized carbons (Fsp3) is 0.286. The summed E-state index contributed by atoms with van der Waals surface area (Å²) in [4.78, 5) is 18.2. The fourth-order valence-electron chi connectivity index (χ4n) is 3.71. The molecule has 2 aromatic carbocycles. The molecule has 0 aliphatic carbocycles. The van der Waals surface area contributed by atoms with Gasteiger partial charge in [0.25, 0.3) is 0 Å². The second-order valence-electron chi connectivity index (χ2n) is 7.08. The second-order valence-corrected chi connectivity index (χ2v) is 8.80. The van der Waals surface area contributed by atoms with Gasteiger partial charge in [-0.25, -0.2) is 8.42 Å². The molecule has 3 aromatic rings. The Morgan fingerprint density at radius 2 is 1.71 bits per heavy atom. The maximum atomic E-state index is 13.1. The topological polar surface area (TPSA) is 82.3 Å². The van der Waals surface area contributed by atoms with E-state index in [1.165, 1.54) is 12.1 Å². The van der Waals surface area contributed by atoms with E-state index < -0.39 is 16.1 Å². The SMILES string of the molecule is O=C([C@H](Cc1c[nH]c2ccccc12)NS(=O)(=O)c1ccccc1)N1CCCC1. The number of carbonyl (C=O) groups is 1. The summed E-state index contributed by atoms with van der Waals surface area (Å²) in [6, 6.07) is 15.1. The number of fused-ring (bicyclic) bond motifs is 1. The van der Waals surface area contributed by atoms with Gasteiger partial charge in [-0.3, -0.25) is 4.79 Å². The first-order valence-electron chi connectivity index (χ1n) is 9.46. The number of rotatable bonds is 6. The van der Waals surface area contributed by atoms with Crippen molar-refractivity contribution in [2.24, 2.45) is 0 Å². The maximum absolute atomic E-state index is 13.1. The zero-order valence-electron chi connectivity index (χ0n) is 15.5. The molecule has 0 spiro atoms. The lowest BCUT2D eigenvalue weighted by molar-refractivity contribution is -0.131. The molecule has 146 valence electrons. The van der Waals surface area contributed by atoms with Crippen LogP contribution in [0.25, 0.3) is 10.9 Å². The van der Waals surface area contributed by atoms with E-state index in [2.05, 4.69) is 9.71 Å². The average Bonchev–Trinajstić information content (AvgIpc) is 3.38. The van der Waals surface area contributed by atoms with Gasteiger partial charge in [0.15, 0.2) is 0 Å². The zero-order chi connectivity index (χ0) is 19.6. The van der Waals surface area contributed by atoms with E-state index >= 15 is 0 Å². The molecule has 28 heavy (non-hydrogen) atoms. The summed E-state index contributed by atoms with van der Waals surface area (Å²) in [5.74, 6) is -0.165. The molecular formula is C21H23N3O3S. The Morgan fingerprint density at radius 1 is 1.04 bits per heavy atom. The number of sulfonamides is 1. The van der Waals surface area contributed by atoms with Crippen molar-refractivity contribution in [3.63, 3.8) is 0 Å². The normalized spacial score (nSPS) is 15.8. The molecule has 0 radical (unpaired) electrons. The van der Waals surface area contributed by atoms with Crippen LogP contribution in [0.3, 0.4) is 0 Å². The highest BCUT2D eigenvalue weighted by Gasteiger charge is 2.31. The van der Waals surface area contributed by atoms with Crippen LogP contribution in [0.15, 0.2) is 65.7 Å². The summed E-state index contributed by atoms with van der Waals surface area (Å²) in [7, 11) is -3.80. The summed E-state index contributed by atoms with van der Waals surface area (Å²) >= 11 is 0.